The zero-order valence-corrected chi connectivity index (χ0v) is 5.48. The number of hydrogen-bond acceptors (Lipinski definition) is 3. The van der Waals surface area contributed by atoms with Crippen LogP contribution in [-0.2, 0) is 10.1 Å². The normalized spacial score (nSPS) is 10.2. The molecule has 0 spiro atoms. The van der Waals surface area contributed by atoms with E-state index in [1.54, 1.807) is 0 Å². The molecule has 0 fully saturated rings. The van der Waals surface area contributed by atoms with E-state index in [2.05, 4.69) is 0 Å². The van der Waals surface area contributed by atoms with Gasteiger partial charge < -0.3 is 5.73 Å². The summed E-state index contributed by atoms with van der Waals surface area (Å²) < 4.78 is 27.3. The van der Waals surface area contributed by atoms with Crippen molar-refractivity contribution in [1.82, 2.24) is 0 Å². The van der Waals surface area contributed by atoms with E-state index in [0.29, 0.717) is 0 Å². The molecule has 0 unspecified atom stereocenters. The van der Waals surface area contributed by atoms with Crippen LogP contribution in [0.4, 0.5) is 0 Å². The molecule has 0 heterocycles. The second kappa shape index (κ2) is 4.36. The van der Waals surface area contributed by atoms with Crippen LogP contribution >= 0.6 is 0 Å². The zero-order valence-electron chi connectivity index (χ0n) is 4.66. The minimum atomic E-state index is -3.80. The maximum atomic E-state index is 9.71. The van der Waals surface area contributed by atoms with Crippen LogP contribution in [0.2, 0.25) is 0 Å². The molecule has 8 heavy (non-hydrogen) atoms. The Kier molecular flexibility index (Phi) is 6.15. The van der Waals surface area contributed by atoms with Gasteiger partial charge in [-0.2, -0.15) is 8.42 Å². The Morgan fingerprint density at radius 1 is 1.50 bits per heavy atom. The number of rotatable bonds is 2. The monoisotopic (exact) mass is 132 g/mol. The average molecular weight is 132 g/mol. The smallest absolute Gasteiger partial charge is 0.266 e. The van der Waals surface area contributed by atoms with Gasteiger partial charge in [-0.15, -0.1) is 0 Å². The number of hydrogen-bond donors (Lipinski definition) is 2. The van der Waals surface area contributed by atoms with E-state index in [4.69, 9.17) is 10.3 Å². The SMILES string of the molecule is NCCS(=O)(=O)O.[Li]. The van der Waals surface area contributed by atoms with Gasteiger partial charge in [0.1, 0.15) is 0 Å². The van der Waals surface area contributed by atoms with Crippen LogP contribution in [0.15, 0.2) is 0 Å². The molecule has 1 radical (unpaired) electrons. The third-order valence-electron chi connectivity index (χ3n) is 0.376. The Balaban J connectivity index is 0. The summed E-state index contributed by atoms with van der Waals surface area (Å²) >= 11 is 0. The molecule has 0 rings (SSSR count). The van der Waals surface area contributed by atoms with Gasteiger partial charge in [0.25, 0.3) is 10.1 Å². The average Bonchev–Trinajstić information content (AvgIpc) is 1.30. The number of nitrogens with two attached hydrogens (primary N) is 1. The fourth-order valence-corrected chi connectivity index (χ4v) is 0.447. The van der Waals surface area contributed by atoms with E-state index in [1.807, 2.05) is 0 Å². The fourth-order valence-electron chi connectivity index (χ4n) is 0.149. The standard InChI is InChI=1S/C2H7NO3S.Li/c3-1-2-7(4,5)6;/h1-3H2,(H,4,5,6);. The van der Waals surface area contributed by atoms with Gasteiger partial charge in [-0.1, -0.05) is 0 Å². The van der Waals surface area contributed by atoms with Crippen molar-refractivity contribution in [3.63, 3.8) is 0 Å². The van der Waals surface area contributed by atoms with Crippen LogP contribution in [0.3, 0.4) is 0 Å². The van der Waals surface area contributed by atoms with Crippen LogP contribution in [0.25, 0.3) is 0 Å². The Bertz CT molecular complexity index is 130. The van der Waals surface area contributed by atoms with Gasteiger partial charge in [0, 0.05) is 25.4 Å². The Hall–Kier alpha value is 0.467. The molecule has 0 aliphatic carbocycles. The van der Waals surface area contributed by atoms with E-state index in [0.717, 1.165) is 0 Å². The Labute approximate surface area is 60.4 Å². The molecule has 4 nitrogen and oxygen atoms in total. The molecule has 0 aromatic carbocycles. The summed E-state index contributed by atoms with van der Waals surface area (Å²) in [5.74, 6) is -0.354. The fraction of sp³-hybridized carbons (Fsp3) is 1.00. The largest absolute Gasteiger partial charge is 0.329 e. The van der Waals surface area contributed by atoms with Crippen molar-refractivity contribution in [2.75, 3.05) is 12.3 Å². The van der Waals surface area contributed by atoms with Gasteiger partial charge in [-0.05, 0) is 0 Å². The van der Waals surface area contributed by atoms with Crippen molar-refractivity contribution in [2.24, 2.45) is 5.73 Å². The van der Waals surface area contributed by atoms with Gasteiger partial charge in [0.2, 0.25) is 0 Å². The first kappa shape index (κ1) is 11.3. The van der Waals surface area contributed by atoms with E-state index in [-0.39, 0.29) is 31.2 Å². The van der Waals surface area contributed by atoms with Crippen molar-refractivity contribution in [3.8, 4) is 0 Å². The van der Waals surface area contributed by atoms with Crippen LogP contribution in [0.1, 0.15) is 0 Å². The molecule has 0 aliphatic heterocycles. The second-order valence-corrected chi connectivity index (χ2v) is 2.65. The van der Waals surface area contributed by atoms with Crippen LogP contribution < -0.4 is 5.73 Å². The van der Waals surface area contributed by atoms with Crippen molar-refractivity contribution < 1.29 is 13.0 Å². The molecule has 0 amide bonds. The predicted molar refractivity (Wildman–Crippen MR) is 31.2 cm³/mol. The van der Waals surface area contributed by atoms with Crippen molar-refractivity contribution in [3.05, 3.63) is 0 Å². The van der Waals surface area contributed by atoms with Gasteiger partial charge in [0.05, 0.1) is 5.75 Å². The molecule has 3 N–H and O–H groups in total. The van der Waals surface area contributed by atoms with E-state index in [1.165, 1.54) is 0 Å². The summed E-state index contributed by atoms with van der Waals surface area (Å²) in [6, 6.07) is 0. The quantitative estimate of drug-likeness (QED) is 0.352. The van der Waals surface area contributed by atoms with Crippen LogP contribution in [0.5, 0.6) is 0 Å². The van der Waals surface area contributed by atoms with Gasteiger partial charge in [-0.3, -0.25) is 4.55 Å². The summed E-state index contributed by atoms with van der Waals surface area (Å²) in [7, 11) is -3.80. The summed E-state index contributed by atoms with van der Waals surface area (Å²) in [6.07, 6.45) is 0. The summed E-state index contributed by atoms with van der Waals surface area (Å²) in [5.41, 5.74) is 4.78. The van der Waals surface area contributed by atoms with Crippen LogP contribution in [0, 0.1) is 0 Å². The first-order valence-corrected chi connectivity index (χ1v) is 3.32. The Morgan fingerprint density at radius 3 is 1.88 bits per heavy atom. The maximum Gasteiger partial charge on any atom is 0.266 e. The van der Waals surface area contributed by atoms with Gasteiger partial charge in [-0.25, -0.2) is 0 Å². The molecule has 0 bridgehead atoms. The van der Waals surface area contributed by atoms with Crippen molar-refractivity contribution >= 4 is 29.0 Å². The molecule has 0 saturated heterocycles. The topological polar surface area (TPSA) is 80.4 Å². The summed E-state index contributed by atoms with van der Waals surface area (Å²) in [6.45, 7) is -0.0289. The minimum absolute atomic E-state index is 0. The predicted octanol–water partition coefficient (Wildman–Crippen LogP) is -1.55. The van der Waals surface area contributed by atoms with Gasteiger partial charge in [0.15, 0.2) is 0 Å². The van der Waals surface area contributed by atoms with E-state index in [9.17, 15) is 8.42 Å². The molecule has 0 saturated carbocycles. The molecule has 6 heteroatoms. The van der Waals surface area contributed by atoms with Gasteiger partial charge >= 0.3 is 0 Å². The first-order valence-electron chi connectivity index (χ1n) is 1.71. The summed E-state index contributed by atoms with van der Waals surface area (Å²) in [4.78, 5) is 0. The van der Waals surface area contributed by atoms with Crippen molar-refractivity contribution in [2.45, 2.75) is 0 Å². The zero-order chi connectivity index (χ0) is 5.91. The minimum Gasteiger partial charge on any atom is -0.329 e. The second-order valence-electron chi connectivity index (χ2n) is 1.07. The van der Waals surface area contributed by atoms with E-state index >= 15 is 0 Å². The first-order chi connectivity index (χ1) is 3.06. The molecular formula is C2H7LiNO3S. The Morgan fingerprint density at radius 2 is 1.88 bits per heavy atom. The molecular weight excluding hydrogens is 125 g/mol. The third kappa shape index (κ3) is 9.69. The van der Waals surface area contributed by atoms with Crippen molar-refractivity contribution in [1.29, 1.82) is 0 Å². The van der Waals surface area contributed by atoms with Crippen LogP contribution in [-0.4, -0.2) is 44.1 Å². The molecule has 45 valence electrons. The maximum absolute atomic E-state index is 9.71. The van der Waals surface area contributed by atoms with E-state index < -0.39 is 10.1 Å². The molecule has 0 aliphatic rings. The summed E-state index contributed by atoms with van der Waals surface area (Å²) in [5, 5.41) is 0. The third-order valence-corrected chi connectivity index (χ3v) is 1.13. The molecule has 0 atom stereocenters. The molecule has 0 aromatic heterocycles. The molecule has 0 aromatic rings.